The van der Waals surface area contributed by atoms with Crippen molar-refractivity contribution in [2.45, 2.75) is 33.0 Å². The number of aryl methyl sites for hydroxylation is 1. The fourth-order valence-corrected chi connectivity index (χ4v) is 3.03. The molecule has 0 spiro atoms. The van der Waals surface area contributed by atoms with E-state index in [4.69, 9.17) is 14.2 Å². The number of esters is 1. The van der Waals surface area contributed by atoms with E-state index in [0.29, 0.717) is 29.4 Å². The van der Waals surface area contributed by atoms with Gasteiger partial charge in [0.05, 0.1) is 12.3 Å². The first kappa shape index (κ1) is 22.9. The van der Waals surface area contributed by atoms with Crippen LogP contribution < -0.4 is 14.8 Å². The van der Waals surface area contributed by atoms with Gasteiger partial charge in [0.2, 0.25) is 6.10 Å². The average Bonchev–Trinajstić information content (AvgIpc) is 2.80. The highest BCUT2D eigenvalue weighted by atomic mass is 16.6. The van der Waals surface area contributed by atoms with E-state index in [2.05, 4.69) is 5.32 Å². The molecular formula is C26H27NO5. The summed E-state index contributed by atoms with van der Waals surface area (Å²) in [5, 5.41) is 2.81. The van der Waals surface area contributed by atoms with Crippen LogP contribution in [0.5, 0.6) is 11.5 Å². The summed E-state index contributed by atoms with van der Waals surface area (Å²) in [6.07, 6.45) is -2.05. The zero-order valence-corrected chi connectivity index (χ0v) is 18.4. The Bertz CT molecular complexity index is 1030. The number of rotatable bonds is 9. The minimum absolute atomic E-state index is 0.456. The summed E-state index contributed by atoms with van der Waals surface area (Å²) in [5.74, 6) is -0.0455. The number of ether oxygens (including phenoxy) is 3. The molecule has 2 unspecified atom stereocenters. The highest BCUT2D eigenvalue weighted by molar-refractivity contribution is 5.97. The first-order valence-corrected chi connectivity index (χ1v) is 10.5. The van der Waals surface area contributed by atoms with Crippen molar-refractivity contribution in [3.63, 3.8) is 0 Å². The lowest BCUT2D eigenvalue weighted by Crippen LogP contribution is -2.32. The predicted molar refractivity (Wildman–Crippen MR) is 123 cm³/mol. The van der Waals surface area contributed by atoms with E-state index >= 15 is 0 Å². The summed E-state index contributed by atoms with van der Waals surface area (Å²) in [4.78, 5) is 25.9. The number of nitrogens with one attached hydrogen (secondary N) is 1. The van der Waals surface area contributed by atoms with E-state index in [9.17, 15) is 9.59 Å². The molecule has 0 aliphatic carbocycles. The molecule has 0 heterocycles. The van der Waals surface area contributed by atoms with Crippen LogP contribution in [0, 0.1) is 6.92 Å². The van der Waals surface area contributed by atoms with Crippen molar-refractivity contribution in [1.82, 2.24) is 0 Å². The first-order valence-electron chi connectivity index (χ1n) is 10.5. The summed E-state index contributed by atoms with van der Waals surface area (Å²) >= 11 is 0. The number of anilines is 1. The monoisotopic (exact) mass is 433 g/mol. The summed E-state index contributed by atoms with van der Waals surface area (Å²) in [6, 6.07) is 23.3. The quantitative estimate of drug-likeness (QED) is 0.476. The topological polar surface area (TPSA) is 73.9 Å². The molecule has 0 bridgehead atoms. The Morgan fingerprint density at radius 2 is 1.56 bits per heavy atom. The minimum Gasteiger partial charge on any atom is -0.492 e. The van der Waals surface area contributed by atoms with E-state index in [-0.39, 0.29) is 0 Å². The summed E-state index contributed by atoms with van der Waals surface area (Å²) in [7, 11) is 0. The van der Waals surface area contributed by atoms with Crippen LogP contribution in [0.4, 0.5) is 5.69 Å². The van der Waals surface area contributed by atoms with Crippen LogP contribution >= 0.6 is 0 Å². The van der Waals surface area contributed by atoms with Gasteiger partial charge < -0.3 is 19.5 Å². The molecule has 0 aliphatic rings. The second-order valence-electron chi connectivity index (χ2n) is 7.22. The normalized spacial score (nSPS) is 12.3. The van der Waals surface area contributed by atoms with Crippen molar-refractivity contribution >= 4 is 17.6 Å². The molecule has 0 saturated heterocycles. The number of amides is 1. The fraction of sp³-hybridized carbons (Fsp3) is 0.231. The number of hydrogen-bond acceptors (Lipinski definition) is 5. The molecule has 32 heavy (non-hydrogen) atoms. The molecule has 6 nitrogen and oxygen atoms in total. The molecule has 1 N–H and O–H groups in total. The van der Waals surface area contributed by atoms with Crippen molar-refractivity contribution in [2.75, 3.05) is 11.9 Å². The molecule has 3 aromatic rings. The van der Waals surface area contributed by atoms with Gasteiger partial charge in [-0.25, -0.2) is 4.79 Å². The lowest BCUT2D eigenvalue weighted by molar-refractivity contribution is -0.161. The maximum Gasteiger partial charge on any atom is 0.348 e. The Hall–Kier alpha value is -3.80. The molecule has 0 aliphatic heterocycles. The third-order valence-corrected chi connectivity index (χ3v) is 4.68. The molecule has 3 rings (SSSR count). The highest BCUT2D eigenvalue weighted by Crippen LogP contribution is 2.27. The standard InChI is InChI=1S/C26H27NO5/c1-4-30-23-13-9-8-12-22(23)27-25(28)24(20-10-6-5-7-11-20)32-26(29)19(3)31-21-16-14-18(2)15-17-21/h5-17,19,24H,4H2,1-3H3,(H,27,28). The minimum atomic E-state index is -1.15. The van der Waals surface area contributed by atoms with E-state index in [1.807, 2.05) is 38.1 Å². The van der Waals surface area contributed by atoms with Gasteiger partial charge in [0.25, 0.3) is 5.91 Å². The van der Waals surface area contributed by atoms with E-state index < -0.39 is 24.1 Å². The van der Waals surface area contributed by atoms with Crippen LogP contribution in [-0.4, -0.2) is 24.6 Å². The molecule has 1 amide bonds. The number of para-hydroxylation sites is 2. The molecule has 166 valence electrons. The average molecular weight is 434 g/mol. The van der Waals surface area contributed by atoms with E-state index in [0.717, 1.165) is 5.56 Å². The van der Waals surface area contributed by atoms with Crippen LogP contribution in [0.3, 0.4) is 0 Å². The van der Waals surface area contributed by atoms with Crippen LogP contribution in [-0.2, 0) is 14.3 Å². The third kappa shape index (κ3) is 6.11. The van der Waals surface area contributed by atoms with Gasteiger partial charge in [0.1, 0.15) is 11.5 Å². The smallest absolute Gasteiger partial charge is 0.348 e. The first-order chi connectivity index (χ1) is 15.5. The summed E-state index contributed by atoms with van der Waals surface area (Å²) in [5.41, 5.74) is 2.13. The van der Waals surface area contributed by atoms with Gasteiger partial charge in [0.15, 0.2) is 6.10 Å². The van der Waals surface area contributed by atoms with Gasteiger partial charge in [-0.05, 0) is 45.0 Å². The van der Waals surface area contributed by atoms with Crippen molar-refractivity contribution in [2.24, 2.45) is 0 Å². The zero-order valence-electron chi connectivity index (χ0n) is 18.4. The molecule has 2 atom stereocenters. The maximum absolute atomic E-state index is 13.1. The zero-order chi connectivity index (χ0) is 22.9. The fourth-order valence-electron chi connectivity index (χ4n) is 3.03. The second kappa shape index (κ2) is 11.0. The third-order valence-electron chi connectivity index (χ3n) is 4.68. The van der Waals surface area contributed by atoms with Gasteiger partial charge in [-0.1, -0.05) is 60.2 Å². The number of carbonyl (C=O) groups excluding carboxylic acids is 2. The molecule has 0 saturated carbocycles. The lowest BCUT2D eigenvalue weighted by Gasteiger charge is -2.21. The van der Waals surface area contributed by atoms with Gasteiger partial charge in [0, 0.05) is 5.56 Å². The Labute approximate surface area is 188 Å². The SMILES string of the molecule is CCOc1ccccc1NC(=O)C(OC(=O)C(C)Oc1ccc(C)cc1)c1ccccc1. The molecule has 0 radical (unpaired) electrons. The summed E-state index contributed by atoms with van der Waals surface area (Å²) < 4.78 is 16.9. The number of carbonyl (C=O) groups is 2. The summed E-state index contributed by atoms with van der Waals surface area (Å²) in [6.45, 7) is 5.88. The lowest BCUT2D eigenvalue weighted by atomic mass is 10.1. The maximum atomic E-state index is 13.1. The van der Waals surface area contributed by atoms with Crippen LogP contribution in [0.2, 0.25) is 0 Å². The van der Waals surface area contributed by atoms with Crippen molar-refractivity contribution in [3.05, 3.63) is 90.0 Å². The molecule has 6 heteroatoms. The van der Waals surface area contributed by atoms with Crippen molar-refractivity contribution < 1.29 is 23.8 Å². The Kier molecular flexibility index (Phi) is 7.86. The Balaban J connectivity index is 1.76. The molecule has 0 fully saturated rings. The number of benzene rings is 3. The van der Waals surface area contributed by atoms with Gasteiger partial charge in [-0.2, -0.15) is 0 Å². The predicted octanol–water partition coefficient (Wildman–Crippen LogP) is 5.08. The van der Waals surface area contributed by atoms with E-state index in [1.54, 1.807) is 61.5 Å². The van der Waals surface area contributed by atoms with Crippen molar-refractivity contribution in [3.8, 4) is 11.5 Å². The highest BCUT2D eigenvalue weighted by Gasteiger charge is 2.29. The van der Waals surface area contributed by atoms with Crippen molar-refractivity contribution in [1.29, 1.82) is 0 Å². The van der Waals surface area contributed by atoms with E-state index in [1.165, 1.54) is 0 Å². The molecular weight excluding hydrogens is 406 g/mol. The van der Waals surface area contributed by atoms with Gasteiger partial charge in [-0.15, -0.1) is 0 Å². The largest absolute Gasteiger partial charge is 0.492 e. The van der Waals surface area contributed by atoms with Crippen LogP contribution in [0.1, 0.15) is 31.1 Å². The second-order valence-corrected chi connectivity index (χ2v) is 7.22. The Morgan fingerprint density at radius 3 is 2.25 bits per heavy atom. The Morgan fingerprint density at radius 1 is 0.906 bits per heavy atom. The van der Waals surface area contributed by atoms with Crippen LogP contribution in [0.15, 0.2) is 78.9 Å². The molecule has 3 aromatic carbocycles. The van der Waals surface area contributed by atoms with Crippen LogP contribution in [0.25, 0.3) is 0 Å². The van der Waals surface area contributed by atoms with Gasteiger partial charge >= 0.3 is 5.97 Å². The van der Waals surface area contributed by atoms with Gasteiger partial charge in [-0.3, -0.25) is 4.79 Å². The molecule has 0 aromatic heterocycles. The number of hydrogen-bond donors (Lipinski definition) is 1.